The molecule has 0 saturated heterocycles. The molecule has 0 unspecified atom stereocenters. The summed E-state index contributed by atoms with van der Waals surface area (Å²) in [5, 5.41) is 7.17. The van der Waals surface area contributed by atoms with Crippen molar-refractivity contribution in [1.29, 1.82) is 0 Å². The highest BCUT2D eigenvalue weighted by molar-refractivity contribution is 6.33. The van der Waals surface area contributed by atoms with E-state index in [4.69, 9.17) is 21.1 Å². The van der Waals surface area contributed by atoms with E-state index in [0.717, 1.165) is 17.7 Å². The van der Waals surface area contributed by atoms with Gasteiger partial charge in [0, 0.05) is 25.7 Å². The molecule has 0 saturated carbocycles. The van der Waals surface area contributed by atoms with Crippen molar-refractivity contribution in [3.63, 3.8) is 0 Å². The molecular formula is C18H19ClF3N5O2. The minimum atomic E-state index is -4.48. The topological polar surface area (TPSA) is 73.6 Å². The Morgan fingerprint density at radius 1 is 1.17 bits per heavy atom. The third-order valence-electron chi connectivity index (χ3n) is 4.23. The molecule has 0 aliphatic heterocycles. The molecule has 0 amide bonds. The van der Waals surface area contributed by atoms with Gasteiger partial charge in [0.25, 0.3) is 0 Å². The first-order chi connectivity index (χ1) is 13.7. The van der Waals surface area contributed by atoms with Gasteiger partial charge in [-0.25, -0.2) is 4.98 Å². The van der Waals surface area contributed by atoms with E-state index < -0.39 is 11.7 Å². The van der Waals surface area contributed by atoms with Crippen molar-refractivity contribution in [2.24, 2.45) is 0 Å². The second kappa shape index (κ2) is 8.52. The van der Waals surface area contributed by atoms with Gasteiger partial charge in [0.15, 0.2) is 5.65 Å². The Hall–Kier alpha value is -2.43. The SMILES string of the molecule is COCC(COC)c1cnn2c(Nc3ccc(C(F)(F)F)cc3Cl)nc(C)nc12. The smallest absolute Gasteiger partial charge is 0.384 e. The maximum Gasteiger partial charge on any atom is 0.416 e. The summed E-state index contributed by atoms with van der Waals surface area (Å²) in [5.41, 5.74) is 0.782. The Balaban J connectivity index is 2.01. The number of aryl methyl sites for hydroxylation is 1. The fraction of sp³-hybridized carbons (Fsp3) is 0.389. The van der Waals surface area contributed by atoms with Crippen LogP contribution >= 0.6 is 11.6 Å². The molecule has 0 aliphatic rings. The summed E-state index contributed by atoms with van der Waals surface area (Å²) < 4.78 is 50.5. The molecule has 3 rings (SSSR count). The van der Waals surface area contributed by atoms with Crippen LogP contribution in [0.3, 0.4) is 0 Å². The van der Waals surface area contributed by atoms with E-state index in [0.29, 0.717) is 24.7 Å². The van der Waals surface area contributed by atoms with E-state index in [9.17, 15) is 13.2 Å². The summed E-state index contributed by atoms with van der Waals surface area (Å²) in [6.45, 7) is 2.52. The zero-order valence-electron chi connectivity index (χ0n) is 15.9. The zero-order chi connectivity index (χ0) is 21.2. The maximum absolute atomic E-state index is 12.9. The van der Waals surface area contributed by atoms with Crippen LogP contribution in [0.5, 0.6) is 0 Å². The first-order valence-corrected chi connectivity index (χ1v) is 8.96. The van der Waals surface area contributed by atoms with E-state index in [-0.39, 0.29) is 22.6 Å². The second-order valence-electron chi connectivity index (χ2n) is 6.35. The van der Waals surface area contributed by atoms with Crippen LogP contribution in [-0.4, -0.2) is 47.0 Å². The van der Waals surface area contributed by atoms with Crippen LogP contribution in [0.4, 0.5) is 24.8 Å². The van der Waals surface area contributed by atoms with Crippen LogP contribution in [0, 0.1) is 6.92 Å². The first-order valence-electron chi connectivity index (χ1n) is 8.58. The molecule has 0 fully saturated rings. The number of hydrogen-bond acceptors (Lipinski definition) is 6. The molecule has 0 aliphatic carbocycles. The number of alkyl halides is 3. The average Bonchev–Trinajstić information content (AvgIpc) is 3.06. The normalized spacial score (nSPS) is 12.1. The van der Waals surface area contributed by atoms with Gasteiger partial charge >= 0.3 is 6.18 Å². The van der Waals surface area contributed by atoms with E-state index >= 15 is 0 Å². The second-order valence-corrected chi connectivity index (χ2v) is 6.76. The van der Waals surface area contributed by atoms with Gasteiger partial charge in [-0.1, -0.05) is 11.6 Å². The Bertz CT molecular complexity index is 1000. The number of anilines is 2. The van der Waals surface area contributed by atoms with E-state index in [2.05, 4.69) is 20.4 Å². The maximum atomic E-state index is 12.9. The number of fused-ring (bicyclic) bond motifs is 1. The van der Waals surface area contributed by atoms with Crippen LogP contribution in [0.15, 0.2) is 24.4 Å². The van der Waals surface area contributed by atoms with E-state index in [1.54, 1.807) is 27.3 Å². The quantitative estimate of drug-likeness (QED) is 0.606. The largest absolute Gasteiger partial charge is 0.416 e. The molecule has 29 heavy (non-hydrogen) atoms. The standard InChI is InChI=1S/C18H19ClF3N5O2/c1-10-24-16-13(11(8-28-2)9-29-3)7-23-27(16)17(25-10)26-15-5-4-12(6-14(15)19)18(20,21)22/h4-7,11H,8-9H2,1-3H3,(H,24,25,26). The Morgan fingerprint density at radius 3 is 2.45 bits per heavy atom. The molecule has 1 aromatic carbocycles. The fourth-order valence-electron chi connectivity index (χ4n) is 2.91. The molecular weight excluding hydrogens is 411 g/mol. The number of halogens is 4. The number of methoxy groups -OCH3 is 2. The van der Waals surface area contributed by atoms with Crippen molar-refractivity contribution < 1.29 is 22.6 Å². The molecule has 0 radical (unpaired) electrons. The van der Waals surface area contributed by atoms with Crippen LogP contribution in [0.25, 0.3) is 5.65 Å². The van der Waals surface area contributed by atoms with Crippen molar-refractivity contribution in [1.82, 2.24) is 19.6 Å². The van der Waals surface area contributed by atoms with Gasteiger partial charge in [0.2, 0.25) is 5.95 Å². The number of nitrogens with one attached hydrogen (secondary N) is 1. The van der Waals surface area contributed by atoms with Gasteiger partial charge in [0.05, 0.1) is 35.7 Å². The third-order valence-corrected chi connectivity index (χ3v) is 4.54. The molecule has 0 bridgehead atoms. The number of hydrogen-bond donors (Lipinski definition) is 1. The summed E-state index contributed by atoms with van der Waals surface area (Å²) >= 11 is 6.05. The van der Waals surface area contributed by atoms with Crippen LogP contribution in [0.1, 0.15) is 22.9 Å². The zero-order valence-corrected chi connectivity index (χ0v) is 16.7. The van der Waals surface area contributed by atoms with Gasteiger partial charge in [0.1, 0.15) is 5.82 Å². The minimum Gasteiger partial charge on any atom is -0.384 e. The van der Waals surface area contributed by atoms with Crippen molar-refractivity contribution in [2.45, 2.75) is 19.0 Å². The summed E-state index contributed by atoms with van der Waals surface area (Å²) in [7, 11) is 3.18. The third kappa shape index (κ3) is 4.60. The van der Waals surface area contributed by atoms with Gasteiger partial charge in [-0.2, -0.15) is 27.8 Å². The number of rotatable bonds is 7. The summed E-state index contributed by atoms with van der Waals surface area (Å²) in [5.74, 6) is 0.631. The van der Waals surface area contributed by atoms with E-state index in [1.165, 1.54) is 10.6 Å². The van der Waals surface area contributed by atoms with Gasteiger partial charge in [-0.3, -0.25) is 0 Å². The molecule has 11 heteroatoms. The molecule has 2 heterocycles. The van der Waals surface area contributed by atoms with Crippen molar-refractivity contribution in [2.75, 3.05) is 32.8 Å². The summed E-state index contributed by atoms with van der Waals surface area (Å²) in [6, 6.07) is 3.05. The molecule has 7 nitrogen and oxygen atoms in total. The predicted molar refractivity (Wildman–Crippen MR) is 102 cm³/mol. The van der Waals surface area contributed by atoms with E-state index in [1.807, 2.05) is 0 Å². The Kier molecular flexibility index (Phi) is 6.25. The minimum absolute atomic E-state index is 0.0896. The molecule has 0 atom stereocenters. The van der Waals surface area contributed by atoms with Crippen LogP contribution in [0.2, 0.25) is 5.02 Å². The van der Waals surface area contributed by atoms with Gasteiger partial charge < -0.3 is 14.8 Å². The van der Waals surface area contributed by atoms with Gasteiger partial charge in [-0.15, -0.1) is 0 Å². The average molecular weight is 430 g/mol. The lowest BCUT2D eigenvalue weighted by atomic mass is 10.0. The molecule has 0 spiro atoms. The van der Waals surface area contributed by atoms with Gasteiger partial charge in [-0.05, 0) is 25.1 Å². The highest BCUT2D eigenvalue weighted by Gasteiger charge is 2.31. The number of benzene rings is 1. The lowest BCUT2D eigenvalue weighted by Gasteiger charge is -2.14. The van der Waals surface area contributed by atoms with Crippen molar-refractivity contribution >= 4 is 28.9 Å². The Labute approximate surface area is 169 Å². The number of ether oxygens (including phenoxy) is 2. The number of aromatic nitrogens is 4. The first kappa shape index (κ1) is 21.3. The van der Waals surface area contributed by atoms with Crippen molar-refractivity contribution in [3.05, 3.63) is 46.4 Å². The molecule has 1 N–H and O–H groups in total. The summed E-state index contributed by atoms with van der Waals surface area (Å²) in [6.07, 6.45) is -2.83. The molecule has 3 aromatic rings. The summed E-state index contributed by atoms with van der Waals surface area (Å²) in [4.78, 5) is 8.76. The highest BCUT2D eigenvalue weighted by Crippen LogP contribution is 2.34. The fourth-order valence-corrected chi connectivity index (χ4v) is 3.14. The molecule has 156 valence electrons. The number of nitrogens with zero attached hydrogens (tertiary/aromatic N) is 4. The lowest BCUT2D eigenvalue weighted by molar-refractivity contribution is -0.137. The van der Waals surface area contributed by atoms with Crippen molar-refractivity contribution in [3.8, 4) is 0 Å². The van der Waals surface area contributed by atoms with Crippen LogP contribution in [-0.2, 0) is 15.7 Å². The van der Waals surface area contributed by atoms with Crippen LogP contribution < -0.4 is 5.32 Å². The highest BCUT2D eigenvalue weighted by atomic mass is 35.5. The monoisotopic (exact) mass is 429 g/mol. The molecule has 2 aromatic heterocycles. The lowest BCUT2D eigenvalue weighted by Crippen LogP contribution is -2.13. The predicted octanol–water partition coefficient (Wildman–Crippen LogP) is 4.22. The Morgan fingerprint density at radius 2 is 1.86 bits per heavy atom.